The van der Waals surface area contributed by atoms with Crippen molar-refractivity contribution in [2.24, 2.45) is 0 Å². The van der Waals surface area contributed by atoms with E-state index in [4.69, 9.17) is 10.0 Å². The van der Waals surface area contributed by atoms with Crippen molar-refractivity contribution < 1.29 is 10.0 Å². The summed E-state index contributed by atoms with van der Waals surface area (Å²) in [6.45, 7) is 10.7. The molecule has 0 radical (unpaired) electrons. The third kappa shape index (κ3) is 6.19. The van der Waals surface area contributed by atoms with Crippen LogP contribution in [0.1, 0.15) is 19.4 Å². The average Bonchev–Trinajstić information content (AvgIpc) is 3.30. The number of hydrogen-bond acceptors (Lipinski definition) is 4. The van der Waals surface area contributed by atoms with E-state index < -0.39 is 7.12 Å². The Hall–Kier alpha value is -2.68. The van der Waals surface area contributed by atoms with Gasteiger partial charge < -0.3 is 10.0 Å². The molecule has 8 heteroatoms. The molecule has 6 nitrogen and oxygen atoms in total. The standard InChI is InChI=1S/C10H10N2.C7H5BrN2.C3H7BO2/c1-7(2)8-3-4-10-9(5-8)6-11-12-10;8-6-1-2-7-5(3-6)4-9-10-7;1-3(2)4(5)6/h3-6H,1H2,2H3,(H,11,12);1-4H,(H,9,10);5-6H,1H2,2H3. The van der Waals surface area contributed by atoms with Crippen molar-refractivity contribution in [1.29, 1.82) is 0 Å². The molecule has 2 aromatic heterocycles. The Morgan fingerprint density at radius 1 is 0.929 bits per heavy atom. The van der Waals surface area contributed by atoms with Crippen LogP contribution in [0.2, 0.25) is 0 Å². The second-order valence-electron chi connectivity index (χ2n) is 6.27. The quantitative estimate of drug-likeness (QED) is 0.345. The molecular formula is C20H22BBrN4O2. The topological polar surface area (TPSA) is 97.8 Å². The van der Waals surface area contributed by atoms with Crippen LogP contribution in [0, 0.1) is 0 Å². The molecule has 0 saturated carbocycles. The van der Waals surface area contributed by atoms with Crippen molar-refractivity contribution in [2.45, 2.75) is 13.8 Å². The number of nitrogens with zero attached hydrogens (tertiary/aromatic N) is 2. The summed E-state index contributed by atoms with van der Waals surface area (Å²) in [4.78, 5) is 0. The van der Waals surface area contributed by atoms with Crippen LogP contribution in [0.4, 0.5) is 0 Å². The molecule has 0 spiro atoms. The minimum absolute atomic E-state index is 0.370. The molecule has 0 atom stereocenters. The first-order valence-corrected chi connectivity index (χ1v) is 9.26. The van der Waals surface area contributed by atoms with Gasteiger partial charge in [-0.1, -0.05) is 39.6 Å². The molecule has 0 fully saturated rings. The highest BCUT2D eigenvalue weighted by Gasteiger charge is 2.03. The number of aromatic amines is 2. The SMILES string of the molecule is Brc1ccc2[nH]ncc2c1.C=C(C)B(O)O.C=C(C)c1ccc2[nH]ncc2c1. The molecule has 0 aliphatic rings. The fraction of sp³-hybridized carbons (Fsp3) is 0.100. The number of allylic oxidation sites excluding steroid dienone is 2. The minimum Gasteiger partial charge on any atom is -0.423 e. The van der Waals surface area contributed by atoms with Gasteiger partial charge in [0, 0.05) is 15.2 Å². The molecular weight excluding hydrogens is 419 g/mol. The van der Waals surface area contributed by atoms with Crippen molar-refractivity contribution in [3.63, 3.8) is 0 Å². The van der Waals surface area contributed by atoms with Crippen molar-refractivity contribution in [2.75, 3.05) is 0 Å². The zero-order chi connectivity index (χ0) is 20.7. The Morgan fingerprint density at radius 3 is 1.93 bits per heavy atom. The van der Waals surface area contributed by atoms with Gasteiger partial charge in [0.15, 0.2) is 0 Å². The molecule has 0 unspecified atom stereocenters. The van der Waals surface area contributed by atoms with Gasteiger partial charge >= 0.3 is 7.12 Å². The van der Waals surface area contributed by atoms with Crippen molar-refractivity contribution >= 4 is 50.4 Å². The van der Waals surface area contributed by atoms with Crippen LogP contribution in [-0.4, -0.2) is 37.6 Å². The first kappa shape index (κ1) is 21.6. The summed E-state index contributed by atoms with van der Waals surface area (Å²) < 4.78 is 1.08. The van der Waals surface area contributed by atoms with Crippen LogP contribution in [0.15, 0.2) is 71.9 Å². The van der Waals surface area contributed by atoms with Gasteiger partial charge in [-0.2, -0.15) is 10.2 Å². The summed E-state index contributed by atoms with van der Waals surface area (Å²) in [6, 6.07) is 12.2. The maximum Gasteiger partial charge on any atom is 0.483 e. The Labute approximate surface area is 172 Å². The monoisotopic (exact) mass is 440 g/mol. The lowest BCUT2D eigenvalue weighted by Crippen LogP contribution is -2.11. The summed E-state index contributed by atoms with van der Waals surface area (Å²) >= 11 is 3.38. The zero-order valence-electron chi connectivity index (χ0n) is 15.8. The van der Waals surface area contributed by atoms with Gasteiger partial charge in [0.25, 0.3) is 0 Å². The molecule has 144 valence electrons. The summed E-state index contributed by atoms with van der Waals surface area (Å²) in [6.07, 6.45) is 3.63. The fourth-order valence-corrected chi connectivity index (χ4v) is 2.50. The summed E-state index contributed by atoms with van der Waals surface area (Å²) in [5.74, 6) is 0. The molecule has 2 heterocycles. The van der Waals surface area contributed by atoms with Crippen LogP contribution in [0.25, 0.3) is 27.4 Å². The number of fused-ring (bicyclic) bond motifs is 2. The predicted molar refractivity (Wildman–Crippen MR) is 120 cm³/mol. The van der Waals surface area contributed by atoms with E-state index in [1.165, 1.54) is 5.56 Å². The van der Waals surface area contributed by atoms with E-state index in [1.807, 2.05) is 43.5 Å². The molecule has 0 bridgehead atoms. The number of hydrogen-bond donors (Lipinski definition) is 4. The van der Waals surface area contributed by atoms with Gasteiger partial charge in [0.05, 0.1) is 23.4 Å². The highest BCUT2D eigenvalue weighted by Crippen LogP contribution is 2.18. The van der Waals surface area contributed by atoms with Gasteiger partial charge in [-0.05, 0) is 49.7 Å². The lowest BCUT2D eigenvalue weighted by molar-refractivity contribution is 0.419. The second kappa shape index (κ2) is 10.0. The molecule has 0 amide bonds. The summed E-state index contributed by atoms with van der Waals surface area (Å²) in [5.41, 5.74) is 4.76. The first-order chi connectivity index (χ1) is 13.3. The molecule has 2 aromatic carbocycles. The molecule has 4 N–H and O–H groups in total. The number of benzene rings is 2. The van der Waals surface area contributed by atoms with Gasteiger partial charge in [-0.25, -0.2) is 0 Å². The van der Waals surface area contributed by atoms with E-state index in [-0.39, 0.29) is 0 Å². The number of halogens is 1. The predicted octanol–water partition coefficient (Wildman–Crippen LogP) is 4.50. The van der Waals surface area contributed by atoms with Crippen molar-refractivity contribution in [3.8, 4) is 0 Å². The number of H-pyrrole nitrogens is 2. The maximum absolute atomic E-state index is 8.09. The van der Waals surface area contributed by atoms with Gasteiger partial charge in [-0.3, -0.25) is 10.2 Å². The summed E-state index contributed by atoms with van der Waals surface area (Å²) in [5, 5.41) is 32.1. The van der Waals surface area contributed by atoms with Crippen LogP contribution in [0.5, 0.6) is 0 Å². The Bertz CT molecular complexity index is 1090. The largest absolute Gasteiger partial charge is 0.483 e. The fourth-order valence-electron chi connectivity index (χ4n) is 2.12. The van der Waals surface area contributed by atoms with E-state index in [1.54, 1.807) is 13.1 Å². The van der Waals surface area contributed by atoms with Gasteiger partial charge in [-0.15, -0.1) is 6.58 Å². The Kier molecular flexibility index (Phi) is 7.75. The maximum atomic E-state index is 8.09. The van der Waals surface area contributed by atoms with Crippen LogP contribution >= 0.6 is 15.9 Å². The average molecular weight is 441 g/mol. The molecule has 28 heavy (non-hydrogen) atoms. The van der Waals surface area contributed by atoms with E-state index in [0.717, 1.165) is 31.9 Å². The van der Waals surface area contributed by atoms with E-state index in [0.29, 0.717) is 5.47 Å². The molecule has 4 aromatic rings. The zero-order valence-corrected chi connectivity index (χ0v) is 17.4. The van der Waals surface area contributed by atoms with E-state index >= 15 is 0 Å². The molecule has 0 aliphatic carbocycles. The van der Waals surface area contributed by atoms with Crippen LogP contribution in [-0.2, 0) is 0 Å². The smallest absolute Gasteiger partial charge is 0.423 e. The van der Waals surface area contributed by atoms with Crippen molar-refractivity contribution in [3.05, 3.63) is 77.5 Å². The minimum atomic E-state index is -1.34. The normalized spacial score (nSPS) is 9.89. The van der Waals surface area contributed by atoms with Crippen molar-refractivity contribution in [1.82, 2.24) is 20.4 Å². The second-order valence-corrected chi connectivity index (χ2v) is 7.19. The lowest BCUT2D eigenvalue weighted by Gasteiger charge is -1.97. The first-order valence-electron chi connectivity index (χ1n) is 8.47. The van der Waals surface area contributed by atoms with Crippen LogP contribution < -0.4 is 0 Å². The van der Waals surface area contributed by atoms with Crippen LogP contribution in [0.3, 0.4) is 0 Å². The summed E-state index contributed by atoms with van der Waals surface area (Å²) in [7, 11) is -1.34. The van der Waals surface area contributed by atoms with Gasteiger partial charge in [0.1, 0.15) is 0 Å². The number of aromatic nitrogens is 4. The third-order valence-electron chi connectivity index (χ3n) is 3.78. The van der Waals surface area contributed by atoms with E-state index in [2.05, 4.69) is 55.5 Å². The highest BCUT2D eigenvalue weighted by molar-refractivity contribution is 9.10. The lowest BCUT2D eigenvalue weighted by atomic mass is 9.82. The molecule has 0 saturated heterocycles. The Balaban J connectivity index is 0.000000160. The molecule has 0 aliphatic heterocycles. The highest BCUT2D eigenvalue weighted by atomic mass is 79.9. The Morgan fingerprint density at radius 2 is 1.43 bits per heavy atom. The number of nitrogens with one attached hydrogen (secondary N) is 2. The third-order valence-corrected chi connectivity index (χ3v) is 4.27. The number of rotatable bonds is 2. The molecule has 4 rings (SSSR count). The van der Waals surface area contributed by atoms with E-state index in [9.17, 15) is 0 Å². The van der Waals surface area contributed by atoms with Gasteiger partial charge in [0.2, 0.25) is 0 Å².